The summed E-state index contributed by atoms with van der Waals surface area (Å²) in [6.07, 6.45) is 2.94. The summed E-state index contributed by atoms with van der Waals surface area (Å²) < 4.78 is 19.3. The highest BCUT2D eigenvalue weighted by molar-refractivity contribution is 7.80. The molecule has 2 atom stereocenters. The Bertz CT molecular complexity index is 1520. The van der Waals surface area contributed by atoms with E-state index in [0.717, 1.165) is 74.4 Å². The second-order valence-corrected chi connectivity index (χ2v) is 11.4. The molecule has 0 radical (unpaired) electrons. The SMILES string of the molecule is COc1ccc(Oc2ccc(N3C(=S)N[C@H](c4ccccn4)[C@@H]3c3cc(C)n(CCCN4CCOCC4)c3C)cc2)cc1. The van der Waals surface area contributed by atoms with Crippen LogP contribution in [0.1, 0.15) is 41.1 Å². The Hall–Kier alpha value is -3.92. The van der Waals surface area contributed by atoms with Crippen LogP contribution in [0.15, 0.2) is 79.0 Å². The highest BCUT2D eigenvalue weighted by Gasteiger charge is 2.42. The quantitative estimate of drug-likeness (QED) is 0.217. The molecule has 224 valence electrons. The summed E-state index contributed by atoms with van der Waals surface area (Å²) in [5.41, 5.74) is 5.75. The normalized spacial score (nSPS) is 19.0. The first-order valence-electron chi connectivity index (χ1n) is 14.9. The molecule has 8 nitrogen and oxygen atoms in total. The lowest BCUT2D eigenvalue weighted by atomic mass is 9.96. The van der Waals surface area contributed by atoms with E-state index in [1.165, 1.54) is 17.0 Å². The summed E-state index contributed by atoms with van der Waals surface area (Å²) in [6.45, 7) is 10.2. The van der Waals surface area contributed by atoms with E-state index in [1.54, 1.807) is 7.11 Å². The predicted molar refractivity (Wildman–Crippen MR) is 173 cm³/mol. The molecule has 4 aromatic rings. The van der Waals surface area contributed by atoms with Crippen molar-refractivity contribution < 1.29 is 14.2 Å². The Kier molecular flexibility index (Phi) is 8.92. The van der Waals surface area contributed by atoms with E-state index in [-0.39, 0.29) is 12.1 Å². The Balaban J connectivity index is 1.27. The van der Waals surface area contributed by atoms with E-state index < -0.39 is 0 Å². The number of anilines is 1. The van der Waals surface area contributed by atoms with Crippen molar-refractivity contribution in [1.29, 1.82) is 0 Å². The van der Waals surface area contributed by atoms with Gasteiger partial charge in [0.1, 0.15) is 17.2 Å². The number of thiocarbonyl (C=S) groups is 1. The van der Waals surface area contributed by atoms with Gasteiger partial charge in [0.25, 0.3) is 0 Å². The van der Waals surface area contributed by atoms with Crippen molar-refractivity contribution in [3.05, 3.63) is 102 Å². The molecule has 2 aliphatic rings. The van der Waals surface area contributed by atoms with Crippen LogP contribution in [-0.2, 0) is 11.3 Å². The fraction of sp³-hybridized carbons (Fsp3) is 0.353. The number of nitrogens with zero attached hydrogens (tertiary/aromatic N) is 4. The number of pyridine rings is 1. The van der Waals surface area contributed by atoms with Gasteiger partial charge >= 0.3 is 0 Å². The average Bonchev–Trinajstić information content (AvgIpc) is 3.53. The van der Waals surface area contributed by atoms with Crippen molar-refractivity contribution in [2.24, 2.45) is 0 Å². The Labute approximate surface area is 259 Å². The molecule has 2 fully saturated rings. The van der Waals surface area contributed by atoms with Crippen LogP contribution in [0.2, 0.25) is 0 Å². The minimum Gasteiger partial charge on any atom is -0.497 e. The van der Waals surface area contributed by atoms with Crippen molar-refractivity contribution in [3.8, 4) is 17.2 Å². The van der Waals surface area contributed by atoms with Crippen LogP contribution in [-0.4, -0.2) is 59.5 Å². The van der Waals surface area contributed by atoms with Gasteiger partial charge in [-0.25, -0.2) is 0 Å². The molecule has 6 rings (SSSR count). The molecule has 2 aromatic heterocycles. The van der Waals surface area contributed by atoms with Crippen molar-refractivity contribution in [3.63, 3.8) is 0 Å². The lowest BCUT2D eigenvalue weighted by Crippen LogP contribution is -2.37. The van der Waals surface area contributed by atoms with Gasteiger partial charge in [0.15, 0.2) is 5.11 Å². The van der Waals surface area contributed by atoms with E-state index >= 15 is 0 Å². The Morgan fingerprint density at radius 3 is 2.30 bits per heavy atom. The molecular formula is C34H39N5O3S. The summed E-state index contributed by atoms with van der Waals surface area (Å²) in [6, 6.07) is 23.9. The first kappa shape index (κ1) is 29.2. The van der Waals surface area contributed by atoms with E-state index in [2.05, 4.69) is 57.8 Å². The van der Waals surface area contributed by atoms with Crippen LogP contribution in [0.5, 0.6) is 17.2 Å². The van der Waals surface area contributed by atoms with Crippen LogP contribution in [0.25, 0.3) is 0 Å². The summed E-state index contributed by atoms with van der Waals surface area (Å²) in [5.74, 6) is 2.30. The molecule has 0 saturated carbocycles. The van der Waals surface area contributed by atoms with Gasteiger partial charge in [0.2, 0.25) is 0 Å². The van der Waals surface area contributed by atoms with Gasteiger partial charge in [-0.2, -0.15) is 0 Å². The maximum absolute atomic E-state index is 6.10. The highest BCUT2D eigenvalue weighted by atomic mass is 32.1. The maximum atomic E-state index is 6.10. The van der Waals surface area contributed by atoms with Crippen molar-refractivity contribution in [2.75, 3.05) is 44.9 Å². The smallest absolute Gasteiger partial charge is 0.174 e. The van der Waals surface area contributed by atoms with Crippen LogP contribution in [0, 0.1) is 13.8 Å². The number of aryl methyl sites for hydroxylation is 1. The lowest BCUT2D eigenvalue weighted by molar-refractivity contribution is 0.0369. The standard InChI is InChI=1S/C34H39N5O3S/c1-24-23-30(25(2)38(24)18-6-17-37-19-21-41-22-20-37)33-32(31-7-4-5-16-35-31)36-34(43)39(33)26-8-10-28(11-9-26)42-29-14-12-27(40-3)13-15-29/h4-5,7-16,23,32-33H,6,17-22H2,1-3H3,(H,36,43)/t32-,33+/m1/s1. The minimum absolute atomic E-state index is 0.0602. The topological polar surface area (TPSA) is 64.0 Å². The zero-order valence-electron chi connectivity index (χ0n) is 25.0. The third kappa shape index (κ3) is 6.39. The molecule has 0 amide bonds. The van der Waals surface area contributed by atoms with Gasteiger partial charge in [-0.15, -0.1) is 0 Å². The molecule has 2 aromatic carbocycles. The first-order chi connectivity index (χ1) is 21.0. The van der Waals surface area contributed by atoms with Crippen molar-refractivity contribution in [2.45, 2.75) is 38.9 Å². The van der Waals surface area contributed by atoms with Crippen LogP contribution in [0.4, 0.5) is 5.69 Å². The largest absolute Gasteiger partial charge is 0.497 e. The monoisotopic (exact) mass is 597 g/mol. The van der Waals surface area contributed by atoms with E-state index in [0.29, 0.717) is 5.11 Å². The molecular weight excluding hydrogens is 558 g/mol. The predicted octanol–water partition coefficient (Wildman–Crippen LogP) is 6.20. The number of ether oxygens (including phenoxy) is 3. The Morgan fingerprint density at radius 2 is 1.63 bits per heavy atom. The average molecular weight is 598 g/mol. The summed E-state index contributed by atoms with van der Waals surface area (Å²) in [4.78, 5) is 9.46. The fourth-order valence-electron chi connectivity index (χ4n) is 6.15. The van der Waals surface area contributed by atoms with E-state index in [9.17, 15) is 0 Å². The second kappa shape index (κ2) is 13.2. The summed E-state index contributed by atoms with van der Waals surface area (Å²) in [5, 5.41) is 4.28. The first-order valence-corrected chi connectivity index (χ1v) is 15.3. The summed E-state index contributed by atoms with van der Waals surface area (Å²) >= 11 is 5.98. The number of hydrogen-bond donors (Lipinski definition) is 1. The Morgan fingerprint density at radius 1 is 0.930 bits per heavy atom. The minimum atomic E-state index is -0.0915. The molecule has 0 bridgehead atoms. The highest BCUT2D eigenvalue weighted by Crippen LogP contribution is 2.43. The molecule has 4 heterocycles. The van der Waals surface area contributed by atoms with Gasteiger partial charge in [-0.05, 0) is 105 Å². The molecule has 1 N–H and O–H groups in total. The molecule has 0 spiro atoms. The second-order valence-electron chi connectivity index (χ2n) is 11.1. The number of morpholine rings is 1. The summed E-state index contributed by atoms with van der Waals surface area (Å²) in [7, 11) is 1.66. The molecule has 2 aliphatic heterocycles. The number of rotatable bonds is 10. The van der Waals surface area contributed by atoms with Crippen LogP contribution in [0.3, 0.4) is 0 Å². The zero-order chi connectivity index (χ0) is 29.8. The van der Waals surface area contributed by atoms with Crippen LogP contribution < -0.4 is 19.7 Å². The van der Waals surface area contributed by atoms with E-state index in [4.69, 9.17) is 31.4 Å². The fourth-order valence-corrected chi connectivity index (χ4v) is 6.50. The van der Waals surface area contributed by atoms with Gasteiger partial charge in [-0.3, -0.25) is 9.88 Å². The van der Waals surface area contributed by atoms with Gasteiger partial charge in [-0.1, -0.05) is 6.07 Å². The molecule has 0 unspecified atom stereocenters. The van der Waals surface area contributed by atoms with Crippen molar-refractivity contribution >= 4 is 23.0 Å². The van der Waals surface area contributed by atoms with Gasteiger partial charge in [0.05, 0.1) is 38.1 Å². The van der Waals surface area contributed by atoms with Gasteiger partial charge in [0, 0.05) is 49.5 Å². The number of aromatic nitrogens is 2. The third-order valence-corrected chi connectivity index (χ3v) is 8.71. The number of benzene rings is 2. The molecule has 2 saturated heterocycles. The van der Waals surface area contributed by atoms with Gasteiger partial charge < -0.3 is 29.0 Å². The molecule has 9 heteroatoms. The number of methoxy groups -OCH3 is 1. The van der Waals surface area contributed by atoms with Crippen LogP contribution >= 0.6 is 12.2 Å². The number of nitrogens with one attached hydrogen (secondary N) is 1. The lowest BCUT2D eigenvalue weighted by Gasteiger charge is -2.28. The zero-order valence-corrected chi connectivity index (χ0v) is 25.8. The maximum Gasteiger partial charge on any atom is 0.174 e. The third-order valence-electron chi connectivity index (χ3n) is 8.40. The van der Waals surface area contributed by atoms with E-state index in [1.807, 2.05) is 54.7 Å². The molecule has 43 heavy (non-hydrogen) atoms. The van der Waals surface area contributed by atoms with Crippen molar-refractivity contribution in [1.82, 2.24) is 19.8 Å². The molecule has 0 aliphatic carbocycles. The number of hydrogen-bond acceptors (Lipinski definition) is 6.